The number of carbonyl (C=O) groups is 2. The second-order valence-corrected chi connectivity index (χ2v) is 7.77. The van der Waals surface area contributed by atoms with Crippen LogP contribution in [-0.4, -0.2) is 11.9 Å². The number of carbonyl (C=O) groups excluding carboxylic acids is 2. The second-order valence-electron chi connectivity index (χ2n) is 7.77. The molecule has 0 spiro atoms. The van der Waals surface area contributed by atoms with E-state index >= 15 is 0 Å². The fourth-order valence-corrected chi connectivity index (χ4v) is 5.02. The van der Waals surface area contributed by atoms with Crippen LogP contribution in [0.1, 0.15) is 69.1 Å². The van der Waals surface area contributed by atoms with E-state index in [9.17, 15) is 9.59 Å². The first-order valence-electron chi connectivity index (χ1n) is 9.01. The molecule has 1 aliphatic heterocycles. The van der Waals surface area contributed by atoms with Crippen LogP contribution in [0.15, 0.2) is 22.3 Å². The Kier molecular flexibility index (Phi) is 3.60. The lowest BCUT2D eigenvalue weighted by atomic mass is 9.54. The Morgan fingerprint density at radius 3 is 2.88 bits per heavy atom. The third kappa shape index (κ3) is 2.07. The minimum absolute atomic E-state index is 0.0226. The van der Waals surface area contributed by atoms with Gasteiger partial charge < -0.3 is 13.9 Å². The molecule has 0 bridgehead atoms. The van der Waals surface area contributed by atoms with Gasteiger partial charge in [-0.05, 0) is 39.2 Å². The number of hydrogen-bond acceptors (Lipinski definition) is 5. The molecular formula is C20H24O5. The molecule has 1 aromatic heterocycles. The molecule has 0 unspecified atom stereocenters. The zero-order chi connectivity index (χ0) is 17.9. The number of esters is 2. The third-order valence-electron chi connectivity index (χ3n) is 6.57. The van der Waals surface area contributed by atoms with Gasteiger partial charge in [-0.15, -0.1) is 0 Å². The van der Waals surface area contributed by atoms with Crippen LogP contribution >= 0.6 is 0 Å². The maximum atomic E-state index is 12.5. The molecule has 1 saturated carbocycles. The van der Waals surface area contributed by atoms with Crippen molar-refractivity contribution in [3.8, 4) is 0 Å². The first-order chi connectivity index (χ1) is 11.9. The standard InChI is InChI=1S/C20H24O5/c1-5-10(2)18(21)24-15-12-7-6-8-13-19(22)25-17(20(12,13)4)14-11(3)9-23-16(14)15/h5,9,12-13,15,17H,6-8H2,1-4H3/b10-5+/t12-,13-,15-,17-,20-/m0/s1. The van der Waals surface area contributed by atoms with E-state index in [-0.39, 0.29) is 35.3 Å². The lowest BCUT2D eigenvalue weighted by Crippen LogP contribution is -2.47. The van der Waals surface area contributed by atoms with E-state index < -0.39 is 6.10 Å². The van der Waals surface area contributed by atoms with Crippen molar-refractivity contribution in [3.05, 3.63) is 34.8 Å². The lowest BCUT2D eigenvalue weighted by molar-refractivity contribution is -0.161. The van der Waals surface area contributed by atoms with Gasteiger partial charge in [0.15, 0.2) is 11.9 Å². The molecule has 25 heavy (non-hydrogen) atoms. The van der Waals surface area contributed by atoms with Crippen molar-refractivity contribution in [2.75, 3.05) is 0 Å². The molecule has 3 aliphatic rings. The van der Waals surface area contributed by atoms with Crippen molar-refractivity contribution in [1.82, 2.24) is 0 Å². The number of fused-ring (bicyclic) bond motifs is 2. The number of rotatable bonds is 2. The molecule has 4 rings (SSSR count). The molecule has 2 aliphatic carbocycles. The molecule has 134 valence electrons. The highest BCUT2D eigenvalue weighted by molar-refractivity contribution is 5.88. The number of allylic oxidation sites excluding steroid dienone is 1. The Balaban J connectivity index is 1.84. The molecule has 1 aromatic rings. The largest absolute Gasteiger partial charge is 0.465 e. The van der Waals surface area contributed by atoms with Gasteiger partial charge in [0.1, 0.15) is 6.10 Å². The summed E-state index contributed by atoms with van der Waals surface area (Å²) in [7, 11) is 0. The first-order valence-corrected chi connectivity index (χ1v) is 9.01. The molecule has 5 atom stereocenters. The molecule has 0 amide bonds. The summed E-state index contributed by atoms with van der Waals surface area (Å²) in [6, 6.07) is 0. The zero-order valence-electron chi connectivity index (χ0n) is 15.1. The van der Waals surface area contributed by atoms with Gasteiger partial charge in [-0.25, -0.2) is 4.79 Å². The van der Waals surface area contributed by atoms with Crippen molar-refractivity contribution in [3.63, 3.8) is 0 Å². The van der Waals surface area contributed by atoms with E-state index in [4.69, 9.17) is 13.9 Å². The average Bonchev–Trinajstić information content (AvgIpc) is 3.09. The molecule has 2 heterocycles. The third-order valence-corrected chi connectivity index (χ3v) is 6.57. The van der Waals surface area contributed by atoms with Crippen LogP contribution in [0.25, 0.3) is 0 Å². The highest BCUT2D eigenvalue weighted by Gasteiger charge is 2.66. The van der Waals surface area contributed by atoms with Crippen LogP contribution in [0.5, 0.6) is 0 Å². The van der Waals surface area contributed by atoms with Crippen molar-refractivity contribution in [1.29, 1.82) is 0 Å². The summed E-state index contributed by atoms with van der Waals surface area (Å²) in [4.78, 5) is 25.0. The summed E-state index contributed by atoms with van der Waals surface area (Å²) >= 11 is 0. The smallest absolute Gasteiger partial charge is 0.334 e. The molecule has 2 fully saturated rings. The van der Waals surface area contributed by atoms with Crippen molar-refractivity contribution in [2.24, 2.45) is 17.3 Å². The predicted octanol–water partition coefficient (Wildman–Crippen LogP) is 4.17. The molecule has 0 aromatic carbocycles. The van der Waals surface area contributed by atoms with Crippen LogP contribution in [0.4, 0.5) is 0 Å². The van der Waals surface area contributed by atoms with Gasteiger partial charge in [0.25, 0.3) is 0 Å². The molecule has 0 N–H and O–H groups in total. The van der Waals surface area contributed by atoms with Gasteiger partial charge in [-0.1, -0.05) is 19.4 Å². The molecular weight excluding hydrogens is 320 g/mol. The monoisotopic (exact) mass is 344 g/mol. The Morgan fingerprint density at radius 1 is 1.40 bits per heavy atom. The molecule has 5 heteroatoms. The van der Waals surface area contributed by atoms with Crippen molar-refractivity contribution in [2.45, 2.75) is 59.2 Å². The topological polar surface area (TPSA) is 65.7 Å². The lowest BCUT2D eigenvalue weighted by Gasteiger charge is -2.49. The Hall–Kier alpha value is -2.04. The van der Waals surface area contributed by atoms with Gasteiger partial charge in [-0.3, -0.25) is 4.79 Å². The SMILES string of the molecule is C/C=C(\C)C(=O)O[C@@H]1c2occ(C)c2[C@@H]2OC(=O)[C@@H]3CCC[C@@H]1[C@@]32C. The quantitative estimate of drug-likeness (QED) is 0.595. The van der Waals surface area contributed by atoms with Gasteiger partial charge in [0, 0.05) is 22.5 Å². The minimum Gasteiger partial charge on any atom is -0.465 e. The minimum atomic E-state index is -0.468. The van der Waals surface area contributed by atoms with E-state index in [1.165, 1.54) is 0 Å². The van der Waals surface area contributed by atoms with E-state index in [2.05, 4.69) is 6.92 Å². The van der Waals surface area contributed by atoms with Gasteiger partial charge in [0.05, 0.1) is 12.2 Å². The Labute approximate surface area is 147 Å². The van der Waals surface area contributed by atoms with Crippen molar-refractivity contribution < 1.29 is 23.5 Å². The Morgan fingerprint density at radius 2 is 2.16 bits per heavy atom. The van der Waals surface area contributed by atoms with Crippen LogP contribution in [0.3, 0.4) is 0 Å². The summed E-state index contributed by atoms with van der Waals surface area (Å²) < 4.78 is 17.5. The van der Waals surface area contributed by atoms with E-state index in [1.807, 2.05) is 13.8 Å². The summed E-state index contributed by atoms with van der Waals surface area (Å²) in [5.74, 6) is 0.0805. The van der Waals surface area contributed by atoms with Crippen LogP contribution in [0.2, 0.25) is 0 Å². The molecule has 1 saturated heterocycles. The molecule has 0 radical (unpaired) electrons. The number of hydrogen-bond donors (Lipinski definition) is 0. The van der Waals surface area contributed by atoms with Crippen molar-refractivity contribution >= 4 is 11.9 Å². The van der Waals surface area contributed by atoms with E-state index in [0.29, 0.717) is 11.3 Å². The van der Waals surface area contributed by atoms with Crippen LogP contribution < -0.4 is 0 Å². The van der Waals surface area contributed by atoms with Gasteiger partial charge in [-0.2, -0.15) is 0 Å². The summed E-state index contributed by atoms with van der Waals surface area (Å²) in [5, 5.41) is 0. The number of aryl methyl sites for hydroxylation is 1. The predicted molar refractivity (Wildman–Crippen MR) is 89.5 cm³/mol. The van der Waals surface area contributed by atoms with E-state index in [1.54, 1.807) is 19.3 Å². The summed E-state index contributed by atoms with van der Waals surface area (Å²) in [6.45, 7) is 7.63. The highest BCUT2D eigenvalue weighted by atomic mass is 16.6. The maximum absolute atomic E-state index is 12.5. The van der Waals surface area contributed by atoms with Crippen LogP contribution in [0, 0.1) is 24.2 Å². The highest BCUT2D eigenvalue weighted by Crippen LogP contribution is 2.66. The van der Waals surface area contributed by atoms with Gasteiger partial charge in [0.2, 0.25) is 0 Å². The van der Waals surface area contributed by atoms with Crippen LogP contribution in [-0.2, 0) is 19.1 Å². The van der Waals surface area contributed by atoms with Gasteiger partial charge >= 0.3 is 11.9 Å². The first kappa shape index (κ1) is 16.4. The maximum Gasteiger partial charge on any atom is 0.334 e. The summed E-state index contributed by atoms with van der Waals surface area (Å²) in [6.07, 6.45) is 5.31. The number of furan rings is 1. The number of ether oxygens (including phenoxy) is 2. The van der Waals surface area contributed by atoms with E-state index in [0.717, 1.165) is 30.4 Å². The second kappa shape index (κ2) is 5.48. The fraction of sp³-hybridized carbons (Fsp3) is 0.600. The fourth-order valence-electron chi connectivity index (χ4n) is 5.02. The average molecular weight is 344 g/mol. The zero-order valence-corrected chi connectivity index (χ0v) is 15.1. The molecule has 5 nitrogen and oxygen atoms in total. The summed E-state index contributed by atoms with van der Waals surface area (Å²) in [5.41, 5.74) is 2.06. The normalized spacial score (nSPS) is 36.5. The Bertz CT molecular complexity index is 773.